The van der Waals surface area contributed by atoms with E-state index in [0.29, 0.717) is 31.9 Å². The van der Waals surface area contributed by atoms with Gasteiger partial charge in [-0.3, -0.25) is 4.68 Å². The molecule has 7 heteroatoms. The molecule has 134 valence electrons. The Labute approximate surface area is 142 Å². The number of esters is 1. The quantitative estimate of drug-likeness (QED) is 0.793. The van der Waals surface area contributed by atoms with Gasteiger partial charge >= 0.3 is 12.1 Å². The van der Waals surface area contributed by atoms with Crippen LogP contribution in [0.5, 0.6) is 0 Å². The van der Waals surface area contributed by atoms with Crippen molar-refractivity contribution in [3.63, 3.8) is 0 Å². The smallest absolute Gasteiger partial charge is 0.410 e. The Balaban J connectivity index is 2.35. The van der Waals surface area contributed by atoms with Gasteiger partial charge in [0.2, 0.25) is 0 Å². The Morgan fingerprint density at radius 1 is 1.29 bits per heavy atom. The molecule has 1 aromatic rings. The van der Waals surface area contributed by atoms with E-state index in [2.05, 4.69) is 5.10 Å². The third-order valence-electron chi connectivity index (χ3n) is 3.81. The summed E-state index contributed by atoms with van der Waals surface area (Å²) in [5.41, 5.74) is 1.51. The molecule has 1 atom stereocenters. The van der Waals surface area contributed by atoms with Crippen molar-refractivity contribution in [1.29, 1.82) is 0 Å². The Morgan fingerprint density at radius 3 is 2.50 bits per heavy atom. The minimum absolute atomic E-state index is 0.0299. The summed E-state index contributed by atoms with van der Waals surface area (Å²) in [6.45, 7) is 12.9. The predicted molar refractivity (Wildman–Crippen MR) is 88.9 cm³/mol. The van der Waals surface area contributed by atoms with E-state index in [0.717, 1.165) is 11.3 Å². The SMILES string of the molecule is CCOC(=O)c1c2c(nn1CC)[C@H](C)CN(C(=O)OC(C)(C)C)C2. The number of hydrogen-bond acceptors (Lipinski definition) is 5. The fourth-order valence-electron chi connectivity index (χ4n) is 2.86. The van der Waals surface area contributed by atoms with Crippen LogP contribution in [0.3, 0.4) is 0 Å². The first kappa shape index (κ1) is 18.3. The molecule has 0 spiro atoms. The first-order chi connectivity index (χ1) is 11.2. The summed E-state index contributed by atoms with van der Waals surface area (Å²) in [5.74, 6) is -0.367. The van der Waals surface area contributed by atoms with Gasteiger partial charge in [0, 0.05) is 24.6 Å². The van der Waals surface area contributed by atoms with Crippen molar-refractivity contribution in [2.75, 3.05) is 13.2 Å². The van der Waals surface area contributed by atoms with E-state index in [9.17, 15) is 9.59 Å². The van der Waals surface area contributed by atoms with Crippen LogP contribution in [0.4, 0.5) is 4.79 Å². The maximum Gasteiger partial charge on any atom is 0.410 e. The lowest BCUT2D eigenvalue weighted by Gasteiger charge is -2.32. The Hall–Kier alpha value is -2.05. The molecule has 0 aliphatic carbocycles. The van der Waals surface area contributed by atoms with Crippen LogP contribution in [-0.2, 0) is 22.6 Å². The summed E-state index contributed by atoms with van der Waals surface area (Å²) in [4.78, 5) is 26.4. The van der Waals surface area contributed by atoms with E-state index >= 15 is 0 Å². The van der Waals surface area contributed by atoms with Crippen molar-refractivity contribution in [1.82, 2.24) is 14.7 Å². The zero-order valence-corrected chi connectivity index (χ0v) is 15.4. The maximum atomic E-state index is 12.4. The van der Waals surface area contributed by atoms with E-state index in [4.69, 9.17) is 9.47 Å². The third kappa shape index (κ3) is 3.71. The highest BCUT2D eigenvalue weighted by atomic mass is 16.6. The van der Waals surface area contributed by atoms with Gasteiger partial charge in [0.25, 0.3) is 0 Å². The molecule has 1 aromatic heterocycles. The van der Waals surface area contributed by atoms with Gasteiger partial charge in [0.15, 0.2) is 5.69 Å². The van der Waals surface area contributed by atoms with Gasteiger partial charge in [-0.15, -0.1) is 0 Å². The van der Waals surface area contributed by atoms with Crippen molar-refractivity contribution >= 4 is 12.1 Å². The van der Waals surface area contributed by atoms with Gasteiger partial charge in [-0.2, -0.15) is 5.10 Å². The highest BCUT2D eigenvalue weighted by Crippen LogP contribution is 2.31. The van der Waals surface area contributed by atoms with Crippen LogP contribution in [0, 0.1) is 0 Å². The zero-order chi connectivity index (χ0) is 18.1. The molecule has 1 aliphatic rings. The van der Waals surface area contributed by atoms with Gasteiger partial charge in [0.1, 0.15) is 5.60 Å². The van der Waals surface area contributed by atoms with Gasteiger partial charge in [-0.05, 0) is 34.6 Å². The molecule has 1 aliphatic heterocycles. The lowest BCUT2D eigenvalue weighted by molar-refractivity contribution is 0.0204. The largest absolute Gasteiger partial charge is 0.461 e. The molecule has 0 radical (unpaired) electrons. The third-order valence-corrected chi connectivity index (χ3v) is 3.81. The van der Waals surface area contributed by atoms with Gasteiger partial charge in [-0.25, -0.2) is 9.59 Å². The molecule has 0 fully saturated rings. The summed E-state index contributed by atoms with van der Waals surface area (Å²) >= 11 is 0. The van der Waals surface area contributed by atoms with Crippen molar-refractivity contribution in [2.24, 2.45) is 0 Å². The van der Waals surface area contributed by atoms with Crippen LogP contribution < -0.4 is 0 Å². The second-order valence-electron chi connectivity index (χ2n) is 7.01. The maximum absolute atomic E-state index is 12.4. The van der Waals surface area contributed by atoms with Crippen LogP contribution in [0.2, 0.25) is 0 Å². The molecular weight excluding hydrogens is 310 g/mol. The number of rotatable bonds is 3. The lowest BCUT2D eigenvalue weighted by Crippen LogP contribution is -2.41. The van der Waals surface area contributed by atoms with Crippen LogP contribution in [0.25, 0.3) is 0 Å². The summed E-state index contributed by atoms with van der Waals surface area (Å²) in [7, 11) is 0. The molecule has 0 unspecified atom stereocenters. The molecule has 24 heavy (non-hydrogen) atoms. The standard InChI is InChI=1S/C17H27N3O4/c1-7-20-14(15(21)23-8-2)12-10-19(9-11(3)13(12)18-20)16(22)24-17(4,5)6/h11H,7-10H2,1-6H3/t11-/m1/s1. The minimum atomic E-state index is -0.557. The monoisotopic (exact) mass is 337 g/mol. The fraction of sp³-hybridized carbons (Fsp3) is 0.706. The van der Waals surface area contributed by atoms with Crippen LogP contribution in [0.1, 0.15) is 69.2 Å². The molecule has 2 heterocycles. The Morgan fingerprint density at radius 2 is 1.96 bits per heavy atom. The fourth-order valence-corrected chi connectivity index (χ4v) is 2.86. The van der Waals surface area contributed by atoms with Crippen LogP contribution in [0.15, 0.2) is 0 Å². The van der Waals surface area contributed by atoms with Gasteiger partial charge in [-0.1, -0.05) is 6.92 Å². The Kier molecular flexibility index (Phi) is 5.20. The van der Waals surface area contributed by atoms with Crippen LogP contribution in [-0.4, -0.2) is 45.5 Å². The Bertz CT molecular complexity index is 631. The molecule has 0 aromatic carbocycles. The number of amides is 1. The molecule has 0 saturated heterocycles. The highest BCUT2D eigenvalue weighted by Gasteiger charge is 2.35. The van der Waals surface area contributed by atoms with E-state index in [1.807, 2.05) is 34.6 Å². The highest BCUT2D eigenvalue weighted by molar-refractivity contribution is 5.90. The number of fused-ring (bicyclic) bond motifs is 1. The molecular formula is C17H27N3O4. The average molecular weight is 337 g/mol. The molecule has 2 rings (SSSR count). The normalized spacial score (nSPS) is 17.4. The number of carbonyl (C=O) groups excluding carboxylic acids is 2. The molecule has 0 N–H and O–H groups in total. The predicted octanol–water partition coefficient (Wildman–Crippen LogP) is 2.93. The minimum Gasteiger partial charge on any atom is -0.461 e. The summed E-state index contributed by atoms with van der Waals surface area (Å²) < 4.78 is 12.3. The van der Waals surface area contributed by atoms with E-state index in [1.165, 1.54) is 0 Å². The van der Waals surface area contributed by atoms with Crippen molar-refractivity contribution < 1.29 is 19.1 Å². The van der Waals surface area contributed by atoms with E-state index in [-0.39, 0.29) is 12.0 Å². The molecule has 0 saturated carbocycles. The number of nitrogens with zero attached hydrogens (tertiary/aromatic N) is 3. The zero-order valence-electron chi connectivity index (χ0n) is 15.4. The first-order valence-corrected chi connectivity index (χ1v) is 8.42. The molecule has 7 nitrogen and oxygen atoms in total. The number of aromatic nitrogens is 2. The van der Waals surface area contributed by atoms with Gasteiger partial charge < -0.3 is 14.4 Å². The summed E-state index contributed by atoms with van der Waals surface area (Å²) in [6, 6.07) is 0. The summed E-state index contributed by atoms with van der Waals surface area (Å²) in [5, 5.41) is 4.56. The molecule has 0 bridgehead atoms. The number of ether oxygens (including phenoxy) is 2. The topological polar surface area (TPSA) is 73.7 Å². The van der Waals surface area contributed by atoms with E-state index < -0.39 is 11.6 Å². The number of carbonyl (C=O) groups is 2. The second-order valence-corrected chi connectivity index (χ2v) is 7.01. The van der Waals surface area contributed by atoms with Crippen molar-refractivity contribution in [2.45, 2.75) is 66.2 Å². The summed E-state index contributed by atoms with van der Waals surface area (Å²) in [6.07, 6.45) is -0.376. The van der Waals surface area contributed by atoms with Crippen molar-refractivity contribution in [3.8, 4) is 0 Å². The van der Waals surface area contributed by atoms with Crippen molar-refractivity contribution in [3.05, 3.63) is 17.0 Å². The number of aryl methyl sites for hydroxylation is 1. The van der Waals surface area contributed by atoms with E-state index in [1.54, 1.807) is 16.5 Å². The second kappa shape index (κ2) is 6.83. The van der Waals surface area contributed by atoms with Gasteiger partial charge in [0.05, 0.1) is 18.8 Å². The lowest BCUT2D eigenvalue weighted by atomic mass is 9.97. The van der Waals surface area contributed by atoms with Crippen LogP contribution >= 0.6 is 0 Å². The average Bonchev–Trinajstić information content (AvgIpc) is 2.84. The molecule has 1 amide bonds. The number of hydrogen-bond donors (Lipinski definition) is 0. The first-order valence-electron chi connectivity index (χ1n) is 8.42.